The average Bonchev–Trinajstić information content (AvgIpc) is 2.60. The lowest BCUT2D eigenvalue weighted by molar-refractivity contribution is 0.112. The smallest absolute Gasteiger partial charge is 0.119 e. The Bertz CT molecular complexity index is 645. The van der Waals surface area contributed by atoms with Crippen LogP contribution in [0.4, 0.5) is 0 Å². The van der Waals surface area contributed by atoms with E-state index in [0.717, 1.165) is 51.6 Å². The largest absolute Gasteiger partial charge is 0.492 e. The number of halogens is 2. The van der Waals surface area contributed by atoms with Crippen molar-refractivity contribution < 1.29 is 4.74 Å². The molecule has 1 fully saturated rings. The van der Waals surface area contributed by atoms with Crippen LogP contribution in [0.25, 0.3) is 0 Å². The zero-order valence-electron chi connectivity index (χ0n) is 14.7. The van der Waals surface area contributed by atoms with Gasteiger partial charge in [-0.15, -0.1) is 12.4 Å². The fourth-order valence-electron chi connectivity index (χ4n) is 3.01. The molecule has 3 rings (SSSR count). The van der Waals surface area contributed by atoms with Crippen molar-refractivity contribution in [2.24, 2.45) is 0 Å². The molecule has 3 nitrogen and oxygen atoms in total. The summed E-state index contributed by atoms with van der Waals surface area (Å²) in [5, 5.41) is 0. The molecule has 1 aliphatic rings. The maximum Gasteiger partial charge on any atom is 0.119 e. The number of ether oxygens (including phenoxy) is 1. The monoisotopic (exact) mass is 472 g/mol. The quantitative estimate of drug-likeness (QED) is 0.586. The lowest BCUT2D eigenvalue weighted by Gasteiger charge is -2.34. The predicted octanol–water partition coefficient (Wildman–Crippen LogP) is 4.22. The van der Waals surface area contributed by atoms with E-state index in [1.165, 1.54) is 14.7 Å². The Labute approximate surface area is 170 Å². The fraction of sp³-hybridized carbons (Fsp3) is 0.400. The molecule has 0 saturated carbocycles. The number of hydrogen-bond donors (Lipinski definition) is 0. The molecule has 0 aromatic heterocycles. The van der Waals surface area contributed by atoms with Gasteiger partial charge in [0.2, 0.25) is 0 Å². The first-order valence-electron chi connectivity index (χ1n) is 8.58. The normalized spacial score (nSPS) is 15.6. The summed E-state index contributed by atoms with van der Waals surface area (Å²) < 4.78 is 7.20. The number of rotatable bonds is 6. The maximum absolute atomic E-state index is 5.91. The minimum Gasteiger partial charge on any atom is -0.492 e. The van der Waals surface area contributed by atoms with Gasteiger partial charge in [0, 0.05) is 42.8 Å². The molecule has 1 saturated heterocycles. The van der Waals surface area contributed by atoms with Crippen LogP contribution in [0.5, 0.6) is 5.75 Å². The highest BCUT2D eigenvalue weighted by molar-refractivity contribution is 14.1. The SMILES string of the molecule is Cc1cc(OCCN2CCN(Cc3ccccc3)CC2)ccc1I.Cl. The number of benzene rings is 2. The van der Waals surface area contributed by atoms with E-state index in [1.807, 2.05) is 0 Å². The summed E-state index contributed by atoms with van der Waals surface area (Å²) in [4.78, 5) is 5.04. The first-order chi connectivity index (χ1) is 11.7. The zero-order chi connectivity index (χ0) is 16.8. The second-order valence-electron chi connectivity index (χ2n) is 6.36. The third-order valence-electron chi connectivity index (χ3n) is 4.52. The van der Waals surface area contributed by atoms with Crippen LogP contribution in [0.3, 0.4) is 0 Å². The topological polar surface area (TPSA) is 15.7 Å². The van der Waals surface area contributed by atoms with E-state index in [9.17, 15) is 0 Å². The van der Waals surface area contributed by atoms with Crippen molar-refractivity contribution >= 4 is 35.0 Å². The number of piperazine rings is 1. The van der Waals surface area contributed by atoms with Crippen molar-refractivity contribution in [3.8, 4) is 5.75 Å². The van der Waals surface area contributed by atoms with Crippen molar-refractivity contribution in [2.45, 2.75) is 13.5 Å². The highest BCUT2D eigenvalue weighted by atomic mass is 127. The number of nitrogens with zero attached hydrogens (tertiary/aromatic N) is 2. The van der Waals surface area contributed by atoms with Gasteiger partial charge < -0.3 is 4.74 Å². The molecule has 2 aromatic rings. The van der Waals surface area contributed by atoms with Gasteiger partial charge >= 0.3 is 0 Å². The van der Waals surface area contributed by atoms with E-state index in [2.05, 4.69) is 87.8 Å². The van der Waals surface area contributed by atoms with Gasteiger partial charge in [0.15, 0.2) is 0 Å². The Kier molecular flexibility index (Phi) is 8.49. The van der Waals surface area contributed by atoms with Crippen LogP contribution in [0.2, 0.25) is 0 Å². The molecule has 0 unspecified atom stereocenters. The molecule has 25 heavy (non-hydrogen) atoms. The van der Waals surface area contributed by atoms with Crippen LogP contribution in [0.15, 0.2) is 48.5 Å². The van der Waals surface area contributed by atoms with E-state index >= 15 is 0 Å². The maximum atomic E-state index is 5.91. The lowest BCUT2D eigenvalue weighted by atomic mass is 10.2. The van der Waals surface area contributed by atoms with E-state index in [0.29, 0.717) is 0 Å². The third-order valence-corrected chi connectivity index (χ3v) is 5.73. The van der Waals surface area contributed by atoms with E-state index < -0.39 is 0 Å². The molecule has 2 aromatic carbocycles. The van der Waals surface area contributed by atoms with Crippen molar-refractivity contribution in [1.29, 1.82) is 0 Å². The molecule has 0 radical (unpaired) electrons. The van der Waals surface area contributed by atoms with Crippen molar-refractivity contribution in [3.05, 3.63) is 63.2 Å². The summed E-state index contributed by atoms with van der Waals surface area (Å²) in [5.41, 5.74) is 2.69. The molecular formula is C20H26ClIN2O. The van der Waals surface area contributed by atoms with Crippen LogP contribution in [0.1, 0.15) is 11.1 Å². The van der Waals surface area contributed by atoms with Gasteiger partial charge in [-0.3, -0.25) is 9.80 Å². The molecule has 1 heterocycles. The fourth-order valence-corrected chi connectivity index (χ4v) is 3.35. The van der Waals surface area contributed by atoms with E-state index in [1.54, 1.807) is 0 Å². The Morgan fingerprint density at radius 3 is 2.32 bits per heavy atom. The molecule has 0 amide bonds. The van der Waals surface area contributed by atoms with Gasteiger partial charge in [0.25, 0.3) is 0 Å². The number of aryl methyl sites for hydroxylation is 1. The van der Waals surface area contributed by atoms with Gasteiger partial charge in [-0.25, -0.2) is 0 Å². The van der Waals surface area contributed by atoms with E-state index in [4.69, 9.17) is 4.74 Å². The highest BCUT2D eigenvalue weighted by Gasteiger charge is 2.16. The Hall–Kier alpha value is -0.820. The minimum absolute atomic E-state index is 0. The van der Waals surface area contributed by atoms with Crippen LogP contribution >= 0.6 is 35.0 Å². The average molecular weight is 473 g/mol. The summed E-state index contributed by atoms with van der Waals surface area (Å²) in [6, 6.07) is 17.0. The van der Waals surface area contributed by atoms with Gasteiger partial charge in [-0.05, 0) is 58.8 Å². The molecule has 5 heteroatoms. The van der Waals surface area contributed by atoms with Gasteiger partial charge in [-0.2, -0.15) is 0 Å². The Morgan fingerprint density at radius 2 is 1.64 bits per heavy atom. The second kappa shape index (κ2) is 10.4. The first kappa shape index (κ1) is 20.5. The van der Waals surface area contributed by atoms with Crippen molar-refractivity contribution in [2.75, 3.05) is 39.3 Å². The molecule has 0 aliphatic carbocycles. The van der Waals surface area contributed by atoms with Gasteiger partial charge in [0.1, 0.15) is 12.4 Å². The van der Waals surface area contributed by atoms with Gasteiger partial charge in [0.05, 0.1) is 0 Å². The van der Waals surface area contributed by atoms with Crippen LogP contribution in [0, 0.1) is 10.5 Å². The van der Waals surface area contributed by atoms with Crippen LogP contribution < -0.4 is 4.74 Å². The molecule has 0 atom stereocenters. The minimum atomic E-state index is 0. The second-order valence-corrected chi connectivity index (χ2v) is 7.53. The number of hydrogen-bond acceptors (Lipinski definition) is 3. The Balaban J connectivity index is 0.00000225. The Morgan fingerprint density at radius 1 is 0.960 bits per heavy atom. The molecule has 0 spiro atoms. The van der Waals surface area contributed by atoms with Crippen LogP contribution in [-0.4, -0.2) is 49.1 Å². The van der Waals surface area contributed by atoms with Crippen LogP contribution in [-0.2, 0) is 6.54 Å². The van der Waals surface area contributed by atoms with Gasteiger partial charge in [-0.1, -0.05) is 30.3 Å². The summed E-state index contributed by atoms with van der Waals surface area (Å²) >= 11 is 2.36. The standard InChI is InChI=1S/C20H25IN2O.ClH/c1-17-15-19(7-8-20(17)21)24-14-13-22-9-11-23(12-10-22)16-18-5-3-2-4-6-18;/h2-8,15H,9-14,16H2,1H3;1H. The molecule has 1 aliphatic heterocycles. The van der Waals surface area contributed by atoms with Crippen molar-refractivity contribution in [3.63, 3.8) is 0 Å². The zero-order valence-corrected chi connectivity index (χ0v) is 17.6. The van der Waals surface area contributed by atoms with E-state index in [-0.39, 0.29) is 12.4 Å². The molecule has 136 valence electrons. The summed E-state index contributed by atoms with van der Waals surface area (Å²) in [7, 11) is 0. The summed E-state index contributed by atoms with van der Waals surface area (Å²) in [6.45, 7) is 9.48. The summed E-state index contributed by atoms with van der Waals surface area (Å²) in [5.74, 6) is 0.982. The highest BCUT2D eigenvalue weighted by Crippen LogP contribution is 2.18. The van der Waals surface area contributed by atoms with Crippen molar-refractivity contribution in [1.82, 2.24) is 9.80 Å². The lowest BCUT2D eigenvalue weighted by Crippen LogP contribution is -2.47. The molecular weight excluding hydrogens is 447 g/mol. The first-order valence-corrected chi connectivity index (χ1v) is 9.66. The molecule has 0 N–H and O–H groups in total. The third kappa shape index (κ3) is 6.44. The summed E-state index contributed by atoms with van der Waals surface area (Å²) in [6.07, 6.45) is 0. The molecule has 0 bridgehead atoms. The predicted molar refractivity (Wildman–Crippen MR) is 115 cm³/mol.